The first-order chi connectivity index (χ1) is 9.20. The maximum Gasteiger partial charge on any atom is 0.134 e. The molecule has 4 heteroatoms. The third kappa shape index (κ3) is 3.82. The fourth-order valence-corrected chi connectivity index (χ4v) is 2.96. The summed E-state index contributed by atoms with van der Waals surface area (Å²) in [5.74, 6) is 3.59. The summed E-state index contributed by atoms with van der Waals surface area (Å²) in [6, 6.07) is 0. The fraction of sp³-hybridized carbons (Fsp3) is 0.733. The van der Waals surface area contributed by atoms with Gasteiger partial charge in [-0.2, -0.15) is 0 Å². The van der Waals surface area contributed by atoms with E-state index >= 15 is 0 Å². The molecule has 0 spiro atoms. The van der Waals surface area contributed by atoms with E-state index in [2.05, 4.69) is 41.4 Å². The number of aromatic nitrogens is 2. The van der Waals surface area contributed by atoms with E-state index < -0.39 is 0 Å². The minimum atomic E-state index is 0.792. The highest BCUT2D eigenvalue weighted by atomic mass is 15.1. The zero-order chi connectivity index (χ0) is 13.7. The van der Waals surface area contributed by atoms with Crippen molar-refractivity contribution in [2.24, 2.45) is 11.8 Å². The summed E-state index contributed by atoms with van der Waals surface area (Å²) in [5, 5.41) is 6.78. The SMILES string of the molecule is CCNc1ncnc(NCC2CCCC(C)C2)c1C. The van der Waals surface area contributed by atoms with Gasteiger partial charge in [0.25, 0.3) is 0 Å². The van der Waals surface area contributed by atoms with Crippen LogP contribution in [0.5, 0.6) is 0 Å². The molecule has 1 aliphatic carbocycles. The molecule has 2 rings (SSSR count). The predicted molar refractivity (Wildman–Crippen MR) is 80.5 cm³/mol. The molecule has 19 heavy (non-hydrogen) atoms. The topological polar surface area (TPSA) is 49.8 Å². The lowest BCUT2D eigenvalue weighted by Gasteiger charge is -2.27. The van der Waals surface area contributed by atoms with Crippen molar-refractivity contribution in [1.29, 1.82) is 0 Å². The van der Waals surface area contributed by atoms with Gasteiger partial charge in [-0.3, -0.25) is 0 Å². The van der Waals surface area contributed by atoms with Crippen LogP contribution in [-0.2, 0) is 0 Å². The Labute approximate surface area is 116 Å². The van der Waals surface area contributed by atoms with Crippen LogP contribution in [0.4, 0.5) is 11.6 Å². The second-order valence-corrected chi connectivity index (χ2v) is 5.74. The van der Waals surface area contributed by atoms with E-state index in [1.807, 2.05) is 0 Å². The largest absolute Gasteiger partial charge is 0.370 e. The zero-order valence-corrected chi connectivity index (χ0v) is 12.4. The van der Waals surface area contributed by atoms with Crippen molar-refractivity contribution in [3.05, 3.63) is 11.9 Å². The summed E-state index contributed by atoms with van der Waals surface area (Å²) in [5.41, 5.74) is 1.12. The van der Waals surface area contributed by atoms with Crippen LogP contribution in [0.2, 0.25) is 0 Å². The van der Waals surface area contributed by atoms with Crippen molar-refractivity contribution in [1.82, 2.24) is 9.97 Å². The van der Waals surface area contributed by atoms with Crippen LogP contribution >= 0.6 is 0 Å². The van der Waals surface area contributed by atoms with Gasteiger partial charge in [-0.15, -0.1) is 0 Å². The maximum absolute atomic E-state index is 4.36. The number of hydrogen-bond donors (Lipinski definition) is 2. The van der Waals surface area contributed by atoms with E-state index in [9.17, 15) is 0 Å². The second-order valence-electron chi connectivity index (χ2n) is 5.74. The van der Waals surface area contributed by atoms with Gasteiger partial charge >= 0.3 is 0 Å². The molecule has 1 aliphatic rings. The van der Waals surface area contributed by atoms with E-state index in [0.717, 1.165) is 42.1 Å². The third-order valence-corrected chi connectivity index (χ3v) is 4.03. The molecule has 1 saturated carbocycles. The Morgan fingerprint density at radius 2 is 1.95 bits per heavy atom. The Morgan fingerprint density at radius 3 is 2.63 bits per heavy atom. The molecule has 106 valence electrons. The predicted octanol–water partition coefficient (Wildman–Crippen LogP) is 3.46. The van der Waals surface area contributed by atoms with Gasteiger partial charge in [0.2, 0.25) is 0 Å². The molecular weight excluding hydrogens is 236 g/mol. The summed E-state index contributed by atoms with van der Waals surface area (Å²) in [7, 11) is 0. The summed E-state index contributed by atoms with van der Waals surface area (Å²) >= 11 is 0. The molecule has 2 unspecified atom stereocenters. The number of hydrogen-bond acceptors (Lipinski definition) is 4. The highest BCUT2D eigenvalue weighted by molar-refractivity contribution is 5.56. The third-order valence-electron chi connectivity index (χ3n) is 4.03. The summed E-state index contributed by atoms with van der Waals surface area (Å²) in [4.78, 5) is 8.64. The maximum atomic E-state index is 4.36. The van der Waals surface area contributed by atoms with Gasteiger partial charge in [0.15, 0.2) is 0 Å². The average Bonchev–Trinajstić information content (AvgIpc) is 2.40. The first-order valence-corrected chi connectivity index (χ1v) is 7.50. The molecule has 2 N–H and O–H groups in total. The first kappa shape index (κ1) is 14.1. The highest BCUT2D eigenvalue weighted by Gasteiger charge is 2.19. The molecule has 0 saturated heterocycles. The van der Waals surface area contributed by atoms with Crippen molar-refractivity contribution >= 4 is 11.6 Å². The van der Waals surface area contributed by atoms with Crippen LogP contribution in [0.3, 0.4) is 0 Å². The Hall–Kier alpha value is -1.32. The fourth-order valence-electron chi connectivity index (χ4n) is 2.96. The number of nitrogens with zero attached hydrogens (tertiary/aromatic N) is 2. The quantitative estimate of drug-likeness (QED) is 0.853. The molecule has 0 aliphatic heterocycles. The van der Waals surface area contributed by atoms with Crippen molar-refractivity contribution in [2.75, 3.05) is 23.7 Å². The molecule has 1 fully saturated rings. The molecule has 1 aromatic heterocycles. The smallest absolute Gasteiger partial charge is 0.134 e. The lowest BCUT2D eigenvalue weighted by Crippen LogP contribution is -2.22. The van der Waals surface area contributed by atoms with Crippen molar-refractivity contribution < 1.29 is 0 Å². The minimum absolute atomic E-state index is 0.792. The Bertz CT molecular complexity index is 405. The van der Waals surface area contributed by atoms with Gasteiger partial charge in [-0.05, 0) is 38.5 Å². The lowest BCUT2D eigenvalue weighted by atomic mass is 9.82. The van der Waals surface area contributed by atoms with Crippen LogP contribution in [0.15, 0.2) is 6.33 Å². The highest BCUT2D eigenvalue weighted by Crippen LogP contribution is 2.29. The van der Waals surface area contributed by atoms with E-state index in [1.54, 1.807) is 6.33 Å². The molecule has 0 amide bonds. The molecular formula is C15H26N4. The molecule has 0 bridgehead atoms. The number of nitrogens with one attached hydrogen (secondary N) is 2. The van der Waals surface area contributed by atoms with Gasteiger partial charge in [-0.1, -0.05) is 19.8 Å². The lowest BCUT2D eigenvalue weighted by molar-refractivity contribution is 0.293. The normalized spacial score (nSPS) is 23.1. The van der Waals surface area contributed by atoms with Gasteiger partial charge in [0.1, 0.15) is 18.0 Å². The minimum Gasteiger partial charge on any atom is -0.370 e. The molecule has 2 atom stereocenters. The Morgan fingerprint density at radius 1 is 1.21 bits per heavy atom. The van der Waals surface area contributed by atoms with Crippen LogP contribution in [0.1, 0.15) is 45.1 Å². The monoisotopic (exact) mass is 262 g/mol. The summed E-state index contributed by atoms with van der Waals surface area (Å²) in [6.45, 7) is 8.44. The van der Waals surface area contributed by atoms with Crippen molar-refractivity contribution in [3.8, 4) is 0 Å². The molecule has 1 heterocycles. The van der Waals surface area contributed by atoms with E-state index in [0.29, 0.717) is 0 Å². The number of anilines is 2. The Balaban J connectivity index is 1.93. The average molecular weight is 262 g/mol. The van der Waals surface area contributed by atoms with Crippen LogP contribution in [0.25, 0.3) is 0 Å². The van der Waals surface area contributed by atoms with Crippen molar-refractivity contribution in [3.63, 3.8) is 0 Å². The second kappa shape index (κ2) is 6.73. The summed E-state index contributed by atoms with van der Waals surface area (Å²) < 4.78 is 0. The molecule has 1 aromatic rings. The molecule has 0 radical (unpaired) electrons. The molecule has 4 nitrogen and oxygen atoms in total. The van der Waals surface area contributed by atoms with Crippen LogP contribution in [0, 0.1) is 18.8 Å². The van der Waals surface area contributed by atoms with Crippen LogP contribution in [-0.4, -0.2) is 23.1 Å². The summed E-state index contributed by atoms with van der Waals surface area (Å²) in [6.07, 6.45) is 7.10. The van der Waals surface area contributed by atoms with Crippen LogP contribution < -0.4 is 10.6 Å². The standard InChI is InChI=1S/C15H26N4/c1-4-16-14-12(3)15(19-10-18-14)17-9-13-7-5-6-11(2)8-13/h10-11,13H,4-9H2,1-3H3,(H2,16,17,18,19). The van der Waals surface area contributed by atoms with Gasteiger partial charge in [0.05, 0.1) is 0 Å². The van der Waals surface area contributed by atoms with E-state index in [1.165, 1.54) is 25.7 Å². The van der Waals surface area contributed by atoms with Gasteiger partial charge < -0.3 is 10.6 Å². The zero-order valence-electron chi connectivity index (χ0n) is 12.4. The van der Waals surface area contributed by atoms with E-state index in [-0.39, 0.29) is 0 Å². The van der Waals surface area contributed by atoms with Gasteiger partial charge in [0, 0.05) is 18.7 Å². The van der Waals surface area contributed by atoms with Crippen molar-refractivity contribution in [2.45, 2.75) is 46.5 Å². The van der Waals surface area contributed by atoms with E-state index in [4.69, 9.17) is 0 Å². The number of rotatable bonds is 5. The van der Waals surface area contributed by atoms with Gasteiger partial charge in [-0.25, -0.2) is 9.97 Å². The molecule has 0 aromatic carbocycles. The first-order valence-electron chi connectivity index (χ1n) is 7.50. The Kier molecular flexibility index (Phi) is 5.00.